The third kappa shape index (κ3) is 3.87. The Morgan fingerprint density at radius 2 is 2.00 bits per heavy atom. The molecule has 0 aromatic heterocycles. The molecule has 1 aromatic carbocycles. The first kappa shape index (κ1) is 23.3. The van der Waals surface area contributed by atoms with Gasteiger partial charge in [-0.2, -0.15) is 8.78 Å². The van der Waals surface area contributed by atoms with Crippen molar-refractivity contribution in [3.63, 3.8) is 0 Å². The van der Waals surface area contributed by atoms with Crippen molar-refractivity contribution in [2.24, 2.45) is 11.3 Å². The van der Waals surface area contributed by atoms with Crippen LogP contribution in [0.3, 0.4) is 0 Å². The summed E-state index contributed by atoms with van der Waals surface area (Å²) in [7, 11) is 0. The van der Waals surface area contributed by atoms with E-state index in [-0.39, 0.29) is 36.3 Å². The number of ether oxygens (including phenoxy) is 1. The van der Waals surface area contributed by atoms with Crippen molar-refractivity contribution < 1.29 is 37.5 Å². The molecular weight excluding hydrogens is 452 g/mol. The van der Waals surface area contributed by atoms with Gasteiger partial charge in [0.1, 0.15) is 11.8 Å². The number of hydrogen-bond donors (Lipinski definition) is 2. The van der Waals surface area contributed by atoms with Gasteiger partial charge < -0.3 is 10.1 Å². The van der Waals surface area contributed by atoms with E-state index in [0.717, 1.165) is 4.90 Å². The van der Waals surface area contributed by atoms with Gasteiger partial charge in [-0.05, 0) is 25.5 Å². The third-order valence-electron chi connectivity index (χ3n) is 6.37. The smallest absolute Gasteiger partial charge is 0.387 e. The monoisotopic (exact) mass is 473 g/mol. The molecule has 3 aliphatic rings. The number of fused-ring (bicyclic) bond motifs is 1. The summed E-state index contributed by atoms with van der Waals surface area (Å²) >= 11 is 0. The maximum Gasteiger partial charge on any atom is 0.387 e. The van der Waals surface area contributed by atoms with E-state index in [1.807, 2.05) is 0 Å². The summed E-state index contributed by atoms with van der Waals surface area (Å²) in [4.78, 5) is 63.9. The van der Waals surface area contributed by atoms with Crippen LogP contribution in [-0.4, -0.2) is 53.6 Å². The predicted molar refractivity (Wildman–Crippen MR) is 112 cm³/mol. The SMILES string of the molecule is CC12C(=O)N(C3CCC(=O)NC3=O)C(=O)C1=CC=CC2CNC(=O)c1ccccc1OC(F)F. The van der Waals surface area contributed by atoms with Crippen LogP contribution in [0.15, 0.2) is 48.1 Å². The topological polar surface area (TPSA) is 122 Å². The number of allylic oxidation sites excluding steroid dienone is 2. The maximum absolute atomic E-state index is 13.4. The van der Waals surface area contributed by atoms with E-state index < -0.39 is 53.5 Å². The van der Waals surface area contributed by atoms with Gasteiger partial charge in [-0.15, -0.1) is 0 Å². The Balaban J connectivity index is 1.54. The number of carbonyl (C=O) groups is 5. The lowest BCUT2D eigenvalue weighted by molar-refractivity contribution is -0.152. The zero-order valence-corrected chi connectivity index (χ0v) is 18.0. The Hall–Kier alpha value is -3.89. The lowest BCUT2D eigenvalue weighted by atomic mass is 9.70. The number of hydrogen-bond acceptors (Lipinski definition) is 6. The number of para-hydroxylation sites is 1. The van der Waals surface area contributed by atoms with Gasteiger partial charge in [0, 0.05) is 24.5 Å². The van der Waals surface area contributed by atoms with Gasteiger partial charge in [-0.25, -0.2) is 0 Å². The highest BCUT2D eigenvalue weighted by molar-refractivity contribution is 6.20. The Kier molecular flexibility index (Phi) is 6.03. The Morgan fingerprint density at radius 3 is 2.71 bits per heavy atom. The van der Waals surface area contributed by atoms with Crippen LogP contribution >= 0.6 is 0 Å². The average molecular weight is 473 g/mol. The van der Waals surface area contributed by atoms with Crippen LogP contribution in [0.1, 0.15) is 30.1 Å². The minimum atomic E-state index is -3.11. The van der Waals surface area contributed by atoms with Gasteiger partial charge in [0.15, 0.2) is 0 Å². The number of rotatable bonds is 6. The molecule has 3 atom stereocenters. The molecule has 2 aliphatic heterocycles. The minimum Gasteiger partial charge on any atom is -0.434 e. The van der Waals surface area contributed by atoms with Crippen LogP contribution < -0.4 is 15.4 Å². The van der Waals surface area contributed by atoms with Crippen LogP contribution in [0, 0.1) is 11.3 Å². The van der Waals surface area contributed by atoms with Crippen LogP contribution in [0.4, 0.5) is 8.78 Å². The van der Waals surface area contributed by atoms with E-state index in [4.69, 9.17) is 0 Å². The zero-order valence-electron chi connectivity index (χ0n) is 18.0. The highest BCUT2D eigenvalue weighted by Gasteiger charge is 2.59. The molecule has 3 unspecified atom stereocenters. The second-order valence-corrected chi connectivity index (χ2v) is 8.31. The lowest BCUT2D eigenvalue weighted by Crippen LogP contribution is -2.55. The molecule has 9 nitrogen and oxygen atoms in total. The zero-order chi connectivity index (χ0) is 24.6. The van der Waals surface area contributed by atoms with E-state index in [0.29, 0.717) is 0 Å². The summed E-state index contributed by atoms with van der Waals surface area (Å²) in [5.41, 5.74) is -1.30. The Morgan fingerprint density at radius 1 is 1.26 bits per heavy atom. The molecule has 0 spiro atoms. The number of imide groups is 2. The number of benzene rings is 1. The maximum atomic E-state index is 13.4. The summed E-state index contributed by atoms with van der Waals surface area (Å²) in [5.74, 6) is -4.06. The molecule has 5 amide bonds. The van der Waals surface area contributed by atoms with Gasteiger partial charge in [0.25, 0.3) is 11.8 Å². The van der Waals surface area contributed by atoms with Crippen molar-refractivity contribution >= 4 is 29.5 Å². The number of carbonyl (C=O) groups excluding carboxylic acids is 5. The number of nitrogens with zero attached hydrogens (tertiary/aromatic N) is 1. The fourth-order valence-corrected chi connectivity index (χ4v) is 4.53. The minimum absolute atomic E-state index is 0.00105. The third-order valence-corrected chi connectivity index (χ3v) is 6.37. The highest BCUT2D eigenvalue weighted by atomic mass is 19.3. The molecular formula is C23H21F2N3O6. The number of amides is 5. The number of alkyl halides is 2. The summed E-state index contributed by atoms with van der Waals surface area (Å²) in [6.45, 7) is -1.64. The number of likely N-dealkylation sites (tertiary alicyclic amines) is 1. The molecule has 2 heterocycles. The first-order valence-corrected chi connectivity index (χ1v) is 10.6. The van der Waals surface area contributed by atoms with Crippen LogP contribution in [-0.2, 0) is 19.2 Å². The average Bonchev–Trinajstić information content (AvgIpc) is 2.98. The van der Waals surface area contributed by atoms with Crippen molar-refractivity contribution in [3.8, 4) is 5.75 Å². The van der Waals surface area contributed by atoms with E-state index in [2.05, 4.69) is 15.4 Å². The first-order chi connectivity index (χ1) is 16.1. The van der Waals surface area contributed by atoms with Gasteiger partial charge in [-0.3, -0.25) is 34.2 Å². The second kappa shape index (κ2) is 8.81. The number of nitrogens with one attached hydrogen (secondary N) is 2. The predicted octanol–water partition coefficient (Wildman–Crippen LogP) is 1.31. The van der Waals surface area contributed by atoms with Crippen molar-refractivity contribution in [3.05, 3.63) is 53.6 Å². The van der Waals surface area contributed by atoms with Crippen LogP contribution in [0.2, 0.25) is 0 Å². The van der Waals surface area contributed by atoms with Crippen LogP contribution in [0.5, 0.6) is 5.75 Å². The standard InChI is InChI=1S/C23H21F2N3O6/c1-23-12(11-26-18(30)13-6-2-3-8-16(13)34-22(24)25)5-4-7-14(23)20(32)28(21(23)33)15-9-10-17(29)27-19(15)31/h2-8,12,15,22H,9-11H2,1H3,(H,26,30)(H,27,29,31). The second-order valence-electron chi connectivity index (χ2n) is 8.31. The molecule has 178 valence electrons. The normalized spacial score (nSPS) is 26.4. The van der Waals surface area contributed by atoms with Crippen molar-refractivity contribution in [2.45, 2.75) is 32.4 Å². The van der Waals surface area contributed by atoms with E-state index >= 15 is 0 Å². The molecule has 2 saturated heterocycles. The molecule has 1 aromatic rings. The Bertz CT molecular complexity index is 1150. The number of halogens is 2. The molecule has 34 heavy (non-hydrogen) atoms. The van der Waals surface area contributed by atoms with Gasteiger partial charge in [0.2, 0.25) is 17.7 Å². The molecule has 0 saturated carbocycles. The van der Waals surface area contributed by atoms with Crippen LogP contribution in [0.25, 0.3) is 0 Å². The lowest BCUT2D eigenvalue weighted by Gasteiger charge is -2.34. The first-order valence-electron chi connectivity index (χ1n) is 10.6. The summed E-state index contributed by atoms with van der Waals surface area (Å²) < 4.78 is 29.7. The molecule has 2 fully saturated rings. The molecule has 1 aliphatic carbocycles. The van der Waals surface area contributed by atoms with Gasteiger partial charge >= 0.3 is 6.61 Å². The molecule has 11 heteroatoms. The number of piperidine rings is 1. The van der Waals surface area contributed by atoms with Gasteiger partial charge in [-0.1, -0.05) is 30.4 Å². The molecule has 0 radical (unpaired) electrons. The highest BCUT2D eigenvalue weighted by Crippen LogP contribution is 2.47. The van der Waals surface area contributed by atoms with Crippen molar-refractivity contribution in [1.82, 2.24) is 15.5 Å². The molecule has 2 N–H and O–H groups in total. The largest absolute Gasteiger partial charge is 0.434 e. The van der Waals surface area contributed by atoms with E-state index in [1.54, 1.807) is 19.1 Å². The molecule has 0 bridgehead atoms. The summed E-state index contributed by atoms with van der Waals surface area (Å²) in [5, 5.41) is 4.76. The Labute approximate surface area is 192 Å². The summed E-state index contributed by atoms with van der Waals surface area (Å²) in [6.07, 6.45) is 4.77. The fourth-order valence-electron chi connectivity index (χ4n) is 4.53. The van der Waals surface area contributed by atoms with E-state index in [9.17, 15) is 32.8 Å². The van der Waals surface area contributed by atoms with Crippen molar-refractivity contribution in [1.29, 1.82) is 0 Å². The van der Waals surface area contributed by atoms with Crippen molar-refractivity contribution in [2.75, 3.05) is 6.54 Å². The molecule has 4 rings (SSSR count). The van der Waals surface area contributed by atoms with Gasteiger partial charge in [0.05, 0.1) is 11.0 Å². The fraction of sp³-hybridized carbons (Fsp3) is 0.348. The summed E-state index contributed by atoms with van der Waals surface area (Å²) in [6, 6.07) is 4.40. The quantitative estimate of drug-likeness (QED) is 0.601. The van der Waals surface area contributed by atoms with E-state index in [1.165, 1.54) is 30.3 Å².